The Morgan fingerprint density at radius 3 is 2.46 bits per heavy atom. The predicted molar refractivity (Wildman–Crippen MR) is 136 cm³/mol. The van der Waals surface area contributed by atoms with Gasteiger partial charge in [-0.1, -0.05) is 49.8 Å². The van der Waals surface area contributed by atoms with E-state index in [1.807, 2.05) is 31.2 Å². The fourth-order valence-corrected chi connectivity index (χ4v) is 6.96. The Morgan fingerprint density at radius 2 is 1.89 bits per heavy atom. The molecule has 0 aliphatic heterocycles. The van der Waals surface area contributed by atoms with E-state index in [0.29, 0.717) is 23.7 Å². The molecule has 4 rings (SSSR count). The van der Waals surface area contributed by atoms with Gasteiger partial charge in [-0.25, -0.2) is 9.59 Å². The van der Waals surface area contributed by atoms with Crippen molar-refractivity contribution in [3.8, 4) is 0 Å². The van der Waals surface area contributed by atoms with Gasteiger partial charge in [0.05, 0.1) is 13.2 Å². The lowest BCUT2D eigenvalue weighted by Crippen LogP contribution is -2.54. The van der Waals surface area contributed by atoms with Crippen LogP contribution in [0.5, 0.6) is 0 Å². The highest BCUT2D eigenvalue weighted by Crippen LogP contribution is 2.73. The van der Waals surface area contributed by atoms with Crippen LogP contribution in [-0.4, -0.2) is 44.5 Å². The number of amides is 1. The standard InChI is InChI=1S/C29H43NO5/c1-19(2)10-11-20-18-28(20,4)23-22(33-5)21(12-15-29(23)16-17-29)35-26(32)30-24(25(31)34-6)27(3)13-8-7-9-14-27/h7-10,13,20-24H,11-12,14-18H2,1-6H3,(H,30,32)/t20-,21+,22+,23+,24-,27?,28-/m0/s1. The summed E-state index contributed by atoms with van der Waals surface area (Å²) in [5, 5.41) is 2.83. The summed E-state index contributed by atoms with van der Waals surface area (Å²) in [6.07, 6.45) is 16.4. The molecule has 7 atom stereocenters. The molecule has 194 valence electrons. The first kappa shape index (κ1) is 26.0. The Morgan fingerprint density at radius 1 is 1.14 bits per heavy atom. The smallest absolute Gasteiger partial charge is 0.408 e. The third kappa shape index (κ3) is 5.09. The van der Waals surface area contributed by atoms with Crippen LogP contribution in [0.4, 0.5) is 4.79 Å². The SMILES string of the molecule is COC(=O)[C@H](NC(=O)O[C@@H]1CCC2(CC2)[C@@H]([C@@]2(C)C[C@@H]2CC=C(C)C)[C@@H]1OC)C1(C)C=CC=CC1. The average molecular weight is 486 g/mol. The molecule has 4 aliphatic rings. The second-order valence-corrected chi connectivity index (χ2v) is 12.0. The minimum atomic E-state index is -0.828. The molecule has 35 heavy (non-hydrogen) atoms. The predicted octanol–water partition coefficient (Wildman–Crippen LogP) is 5.73. The highest BCUT2D eigenvalue weighted by Gasteiger charge is 2.68. The first-order valence-electron chi connectivity index (χ1n) is 13.1. The van der Waals surface area contributed by atoms with E-state index < -0.39 is 23.5 Å². The van der Waals surface area contributed by atoms with Gasteiger partial charge >= 0.3 is 12.1 Å². The molecule has 6 nitrogen and oxygen atoms in total. The molecule has 0 aromatic heterocycles. The molecule has 1 N–H and O–H groups in total. The maximum Gasteiger partial charge on any atom is 0.408 e. The van der Waals surface area contributed by atoms with Crippen molar-refractivity contribution in [3.63, 3.8) is 0 Å². The molecule has 6 heteroatoms. The molecular weight excluding hydrogens is 442 g/mol. The van der Waals surface area contributed by atoms with Crippen molar-refractivity contribution in [1.29, 1.82) is 0 Å². The van der Waals surface area contributed by atoms with Crippen LogP contribution in [0.25, 0.3) is 0 Å². The van der Waals surface area contributed by atoms with Crippen LogP contribution in [-0.2, 0) is 19.0 Å². The molecule has 0 aromatic rings. The minimum Gasteiger partial charge on any atom is -0.467 e. The van der Waals surface area contributed by atoms with E-state index in [9.17, 15) is 9.59 Å². The summed E-state index contributed by atoms with van der Waals surface area (Å²) >= 11 is 0. The first-order valence-corrected chi connectivity index (χ1v) is 13.1. The number of hydrogen-bond acceptors (Lipinski definition) is 5. The lowest BCUT2D eigenvalue weighted by atomic mass is 9.65. The summed E-state index contributed by atoms with van der Waals surface area (Å²) in [6.45, 7) is 8.67. The van der Waals surface area contributed by atoms with Crippen LogP contribution in [0.3, 0.4) is 0 Å². The van der Waals surface area contributed by atoms with E-state index in [0.717, 1.165) is 19.3 Å². The van der Waals surface area contributed by atoms with Crippen LogP contribution in [0.2, 0.25) is 0 Å². The summed E-state index contributed by atoms with van der Waals surface area (Å²) in [7, 11) is 3.10. The van der Waals surface area contributed by atoms with Gasteiger partial charge in [0.2, 0.25) is 0 Å². The van der Waals surface area contributed by atoms with Crippen molar-refractivity contribution >= 4 is 12.1 Å². The summed E-state index contributed by atoms with van der Waals surface area (Å²) < 4.78 is 17.2. The van der Waals surface area contributed by atoms with Gasteiger partial charge in [-0.2, -0.15) is 0 Å². The van der Waals surface area contributed by atoms with Crippen molar-refractivity contribution in [3.05, 3.63) is 36.0 Å². The van der Waals surface area contributed by atoms with Crippen molar-refractivity contribution in [1.82, 2.24) is 5.32 Å². The molecule has 1 spiro atoms. The number of nitrogens with one attached hydrogen (secondary N) is 1. The molecule has 0 radical (unpaired) electrons. The van der Waals surface area contributed by atoms with Crippen molar-refractivity contribution in [2.75, 3.05) is 14.2 Å². The monoisotopic (exact) mass is 485 g/mol. The highest BCUT2D eigenvalue weighted by molar-refractivity contribution is 5.82. The number of ether oxygens (including phenoxy) is 3. The van der Waals surface area contributed by atoms with Gasteiger partial charge in [-0.05, 0) is 75.5 Å². The normalized spacial score (nSPS) is 37.3. The second-order valence-electron chi connectivity index (χ2n) is 12.0. The van der Waals surface area contributed by atoms with Gasteiger partial charge in [0.15, 0.2) is 0 Å². The molecule has 0 bridgehead atoms. The second kappa shape index (κ2) is 9.76. The van der Waals surface area contributed by atoms with Crippen LogP contribution >= 0.6 is 0 Å². The topological polar surface area (TPSA) is 73.9 Å². The first-order chi connectivity index (χ1) is 16.6. The number of rotatable bonds is 8. The fraction of sp³-hybridized carbons (Fsp3) is 0.724. The number of carbonyl (C=O) groups is 2. The van der Waals surface area contributed by atoms with Gasteiger partial charge in [0.25, 0.3) is 0 Å². The van der Waals surface area contributed by atoms with Crippen molar-refractivity contribution < 1.29 is 23.8 Å². The number of methoxy groups -OCH3 is 2. The number of allylic oxidation sites excluding steroid dienone is 5. The van der Waals surface area contributed by atoms with Gasteiger partial charge in [0, 0.05) is 18.4 Å². The largest absolute Gasteiger partial charge is 0.467 e. The molecule has 0 heterocycles. The number of carbonyl (C=O) groups excluding carboxylic acids is 2. The average Bonchev–Trinajstić information content (AvgIpc) is 3.74. The Balaban J connectivity index is 1.47. The van der Waals surface area contributed by atoms with E-state index >= 15 is 0 Å². The van der Waals surface area contributed by atoms with Gasteiger partial charge in [0.1, 0.15) is 12.1 Å². The van der Waals surface area contributed by atoms with E-state index in [4.69, 9.17) is 14.2 Å². The third-order valence-electron chi connectivity index (χ3n) is 9.32. The van der Waals surface area contributed by atoms with Crippen molar-refractivity contribution in [2.45, 2.75) is 90.9 Å². The zero-order valence-electron chi connectivity index (χ0n) is 22.3. The quantitative estimate of drug-likeness (QED) is 0.351. The number of alkyl carbamates (subject to hydrolysis) is 1. The van der Waals surface area contributed by atoms with E-state index in [1.165, 1.54) is 31.9 Å². The van der Waals surface area contributed by atoms with Gasteiger partial charge in [-0.15, -0.1) is 0 Å². The van der Waals surface area contributed by atoms with Crippen LogP contribution in [0, 0.1) is 28.1 Å². The molecule has 1 unspecified atom stereocenters. The molecule has 0 saturated heterocycles. The maximum atomic E-state index is 13.1. The number of hydrogen-bond donors (Lipinski definition) is 1. The summed E-state index contributed by atoms with van der Waals surface area (Å²) in [5.41, 5.74) is 1.33. The molecular formula is C29H43NO5. The minimum absolute atomic E-state index is 0.136. The number of esters is 1. The van der Waals surface area contributed by atoms with Crippen LogP contribution < -0.4 is 5.32 Å². The highest BCUT2D eigenvalue weighted by atomic mass is 16.6. The Hall–Kier alpha value is -2.08. The van der Waals surface area contributed by atoms with Crippen molar-refractivity contribution in [2.24, 2.45) is 28.1 Å². The molecule has 1 amide bonds. The van der Waals surface area contributed by atoms with Gasteiger partial charge in [-0.3, -0.25) is 0 Å². The lowest BCUT2D eigenvalue weighted by molar-refractivity contribution is -0.146. The van der Waals surface area contributed by atoms with Gasteiger partial charge < -0.3 is 19.5 Å². The molecule has 3 saturated carbocycles. The summed E-state index contributed by atoms with van der Waals surface area (Å²) in [5.74, 6) is 0.557. The third-order valence-corrected chi connectivity index (χ3v) is 9.32. The lowest BCUT2D eigenvalue weighted by Gasteiger charge is -2.46. The van der Waals surface area contributed by atoms with E-state index in [2.05, 4.69) is 32.2 Å². The Labute approximate surface area is 210 Å². The fourth-order valence-electron chi connectivity index (χ4n) is 6.96. The van der Waals surface area contributed by atoms with E-state index in [-0.39, 0.29) is 17.6 Å². The summed E-state index contributed by atoms with van der Waals surface area (Å²) in [6, 6.07) is -0.828. The maximum absolute atomic E-state index is 13.1. The molecule has 0 aromatic carbocycles. The zero-order chi connectivity index (χ0) is 25.4. The van der Waals surface area contributed by atoms with Crippen LogP contribution in [0.1, 0.15) is 72.6 Å². The van der Waals surface area contributed by atoms with E-state index in [1.54, 1.807) is 7.11 Å². The molecule has 4 aliphatic carbocycles. The molecule has 3 fully saturated rings. The summed E-state index contributed by atoms with van der Waals surface area (Å²) in [4.78, 5) is 25.7. The van der Waals surface area contributed by atoms with Crippen LogP contribution in [0.15, 0.2) is 36.0 Å². The zero-order valence-corrected chi connectivity index (χ0v) is 22.3. The Kier molecular flexibility index (Phi) is 7.25. The Bertz CT molecular complexity index is 914.